The van der Waals surface area contributed by atoms with E-state index in [2.05, 4.69) is 39.4 Å². The highest BCUT2D eigenvalue weighted by Gasteiger charge is 2.34. The molecule has 2 aromatic rings. The van der Waals surface area contributed by atoms with Crippen molar-refractivity contribution in [3.8, 4) is 5.75 Å². The van der Waals surface area contributed by atoms with Crippen LogP contribution in [0.15, 0.2) is 42.5 Å². The summed E-state index contributed by atoms with van der Waals surface area (Å²) in [4.78, 5) is 14.9. The van der Waals surface area contributed by atoms with Crippen LogP contribution in [-0.2, 0) is 18.5 Å². The molecule has 1 fully saturated rings. The van der Waals surface area contributed by atoms with Crippen LogP contribution in [0.5, 0.6) is 5.75 Å². The van der Waals surface area contributed by atoms with E-state index in [4.69, 9.17) is 4.74 Å². The largest absolute Gasteiger partial charge is 0.489 e. The molecule has 0 saturated carbocycles. The molecule has 1 unspecified atom stereocenters. The summed E-state index contributed by atoms with van der Waals surface area (Å²) >= 11 is 3.49. The highest BCUT2D eigenvalue weighted by atomic mass is 79.9. The van der Waals surface area contributed by atoms with Crippen LogP contribution in [0.1, 0.15) is 39.9 Å². The van der Waals surface area contributed by atoms with E-state index in [1.165, 1.54) is 5.56 Å². The minimum Gasteiger partial charge on any atom is -0.489 e. The van der Waals surface area contributed by atoms with Gasteiger partial charge < -0.3 is 15.0 Å². The number of carbonyl (C=O) groups excluding carboxylic acids is 1. The van der Waals surface area contributed by atoms with Crippen LogP contribution in [0, 0.1) is 0 Å². The number of fused-ring (bicyclic) bond motifs is 1. The summed E-state index contributed by atoms with van der Waals surface area (Å²) in [6.45, 7) is 3.09. The number of piperidine rings is 1. The second kappa shape index (κ2) is 7.80. The van der Waals surface area contributed by atoms with Crippen molar-refractivity contribution in [2.24, 2.45) is 0 Å². The molecule has 4 nitrogen and oxygen atoms in total. The third-order valence-electron chi connectivity index (χ3n) is 5.20. The molecule has 0 radical (unpaired) electrons. The average Bonchev–Trinajstić information content (AvgIpc) is 3.04. The van der Waals surface area contributed by atoms with Gasteiger partial charge in [-0.15, -0.1) is 0 Å². The van der Waals surface area contributed by atoms with Crippen molar-refractivity contribution in [2.45, 2.75) is 37.4 Å². The molecular weight excluding hydrogens is 392 g/mol. The monoisotopic (exact) mass is 414 g/mol. The first kappa shape index (κ1) is 17.6. The highest BCUT2D eigenvalue weighted by Crippen LogP contribution is 2.33. The third kappa shape index (κ3) is 3.51. The summed E-state index contributed by atoms with van der Waals surface area (Å²) in [6, 6.07) is 14.5. The van der Waals surface area contributed by atoms with E-state index in [0.29, 0.717) is 13.2 Å². The van der Waals surface area contributed by atoms with Crippen molar-refractivity contribution in [1.29, 1.82) is 0 Å². The van der Waals surface area contributed by atoms with Crippen molar-refractivity contribution in [3.63, 3.8) is 0 Å². The molecule has 1 amide bonds. The summed E-state index contributed by atoms with van der Waals surface area (Å²) in [7, 11) is 0. The number of rotatable bonds is 5. The van der Waals surface area contributed by atoms with E-state index in [9.17, 15) is 4.79 Å². The summed E-state index contributed by atoms with van der Waals surface area (Å²) < 4.78 is 6.11. The molecule has 1 saturated heterocycles. The van der Waals surface area contributed by atoms with E-state index in [-0.39, 0.29) is 11.9 Å². The summed E-state index contributed by atoms with van der Waals surface area (Å²) in [6.07, 6.45) is 2.19. The van der Waals surface area contributed by atoms with Gasteiger partial charge in [0.1, 0.15) is 12.4 Å². The van der Waals surface area contributed by atoms with Gasteiger partial charge in [0, 0.05) is 29.0 Å². The number of benzene rings is 2. The predicted octanol–water partition coefficient (Wildman–Crippen LogP) is 3.87. The summed E-state index contributed by atoms with van der Waals surface area (Å²) in [5.74, 6) is 0.965. The topological polar surface area (TPSA) is 41.6 Å². The molecule has 136 valence electrons. The van der Waals surface area contributed by atoms with E-state index >= 15 is 0 Å². The number of halogens is 1. The van der Waals surface area contributed by atoms with Gasteiger partial charge in [0.05, 0.1) is 6.54 Å². The van der Waals surface area contributed by atoms with Crippen LogP contribution >= 0.6 is 15.9 Å². The Hall–Kier alpha value is -1.85. The number of ether oxygens (including phenoxy) is 1. The predicted molar refractivity (Wildman–Crippen MR) is 106 cm³/mol. The molecule has 5 heteroatoms. The van der Waals surface area contributed by atoms with Crippen molar-refractivity contribution in [2.75, 3.05) is 13.1 Å². The SMILES string of the molecule is O=C1c2cccc(OCc3cccc(CBr)c3)c2CN1C1CCCNC1. The molecule has 2 aromatic carbocycles. The van der Waals surface area contributed by atoms with Gasteiger partial charge >= 0.3 is 0 Å². The molecule has 4 rings (SSSR count). The molecule has 0 aromatic heterocycles. The smallest absolute Gasteiger partial charge is 0.254 e. The molecule has 1 atom stereocenters. The van der Waals surface area contributed by atoms with Gasteiger partial charge in [-0.3, -0.25) is 4.79 Å². The summed E-state index contributed by atoms with van der Waals surface area (Å²) in [5.41, 5.74) is 4.19. The second-order valence-corrected chi connectivity index (χ2v) is 7.52. The number of nitrogens with zero attached hydrogens (tertiary/aromatic N) is 1. The lowest BCUT2D eigenvalue weighted by Gasteiger charge is -2.31. The first-order valence-electron chi connectivity index (χ1n) is 9.16. The lowest BCUT2D eigenvalue weighted by Crippen LogP contribution is -2.46. The zero-order chi connectivity index (χ0) is 17.9. The van der Waals surface area contributed by atoms with Crippen molar-refractivity contribution < 1.29 is 9.53 Å². The maximum absolute atomic E-state index is 12.8. The van der Waals surface area contributed by atoms with Gasteiger partial charge in [0.25, 0.3) is 5.91 Å². The average molecular weight is 415 g/mol. The number of hydrogen-bond donors (Lipinski definition) is 1. The Kier molecular flexibility index (Phi) is 5.27. The number of hydrogen-bond acceptors (Lipinski definition) is 3. The Bertz CT molecular complexity index is 802. The van der Waals surface area contributed by atoms with Gasteiger partial charge in [0.15, 0.2) is 0 Å². The molecule has 0 bridgehead atoms. The molecule has 2 aliphatic rings. The molecular formula is C21H23BrN2O2. The Labute approximate surface area is 162 Å². The molecule has 0 aliphatic carbocycles. The lowest BCUT2D eigenvalue weighted by molar-refractivity contribution is 0.0674. The lowest BCUT2D eigenvalue weighted by atomic mass is 10.1. The van der Waals surface area contributed by atoms with Crippen LogP contribution in [0.4, 0.5) is 0 Å². The molecule has 0 spiro atoms. The van der Waals surface area contributed by atoms with Crippen LogP contribution in [0.3, 0.4) is 0 Å². The fraction of sp³-hybridized carbons (Fsp3) is 0.381. The third-order valence-corrected chi connectivity index (χ3v) is 5.85. The molecule has 2 heterocycles. The second-order valence-electron chi connectivity index (χ2n) is 6.96. The Morgan fingerprint density at radius 2 is 2.04 bits per heavy atom. The van der Waals surface area contributed by atoms with E-state index in [1.807, 2.05) is 29.2 Å². The zero-order valence-electron chi connectivity index (χ0n) is 14.7. The molecule has 2 aliphatic heterocycles. The van der Waals surface area contributed by atoms with E-state index in [0.717, 1.165) is 53.7 Å². The first-order valence-corrected chi connectivity index (χ1v) is 10.3. The minimum atomic E-state index is 0.139. The number of carbonyl (C=O) groups is 1. The standard InChI is InChI=1S/C21H23BrN2O2/c22-11-15-4-1-5-16(10-15)14-26-20-8-2-7-18-19(20)13-24(21(18)25)17-6-3-9-23-12-17/h1-2,4-5,7-8,10,17,23H,3,6,9,11-14H2. The van der Waals surface area contributed by atoms with Crippen molar-refractivity contribution >= 4 is 21.8 Å². The maximum Gasteiger partial charge on any atom is 0.254 e. The Morgan fingerprint density at radius 3 is 2.85 bits per heavy atom. The Balaban J connectivity index is 1.51. The Morgan fingerprint density at radius 1 is 1.19 bits per heavy atom. The molecule has 26 heavy (non-hydrogen) atoms. The van der Waals surface area contributed by atoms with Crippen LogP contribution < -0.4 is 10.1 Å². The van der Waals surface area contributed by atoms with Gasteiger partial charge in [0.2, 0.25) is 0 Å². The van der Waals surface area contributed by atoms with Crippen molar-refractivity contribution in [1.82, 2.24) is 10.2 Å². The summed E-state index contributed by atoms with van der Waals surface area (Å²) in [5, 5.41) is 4.24. The fourth-order valence-electron chi connectivity index (χ4n) is 3.82. The van der Waals surface area contributed by atoms with E-state index in [1.54, 1.807) is 0 Å². The first-order chi connectivity index (χ1) is 12.8. The van der Waals surface area contributed by atoms with Gasteiger partial charge in [-0.2, -0.15) is 0 Å². The number of nitrogens with one attached hydrogen (secondary N) is 1. The molecule has 1 N–H and O–H groups in total. The van der Waals surface area contributed by atoms with Crippen molar-refractivity contribution in [3.05, 3.63) is 64.7 Å². The van der Waals surface area contributed by atoms with Crippen LogP contribution in [0.2, 0.25) is 0 Å². The van der Waals surface area contributed by atoms with Gasteiger partial charge in [-0.25, -0.2) is 0 Å². The zero-order valence-corrected chi connectivity index (χ0v) is 16.3. The van der Waals surface area contributed by atoms with Gasteiger partial charge in [-0.1, -0.05) is 46.3 Å². The number of alkyl halides is 1. The van der Waals surface area contributed by atoms with Crippen LogP contribution in [0.25, 0.3) is 0 Å². The van der Waals surface area contributed by atoms with E-state index < -0.39 is 0 Å². The highest BCUT2D eigenvalue weighted by molar-refractivity contribution is 9.08. The maximum atomic E-state index is 12.8. The number of amides is 1. The minimum absolute atomic E-state index is 0.139. The quantitative estimate of drug-likeness (QED) is 0.754. The van der Waals surface area contributed by atoms with Crippen LogP contribution in [-0.4, -0.2) is 29.9 Å². The normalized spacial score (nSPS) is 19.5. The fourth-order valence-corrected chi connectivity index (χ4v) is 4.17. The van der Waals surface area contributed by atoms with Gasteiger partial charge in [-0.05, 0) is 42.6 Å².